The van der Waals surface area contributed by atoms with Crippen LogP contribution in [0.4, 0.5) is 0 Å². The molecule has 2 aromatic rings. The van der Waals surface area contributed by atoms with E-state index in [9.17, 15) is 0 Å². The normalized spacial score (nSPS) is 12.4. The zero-order chi connectivity index (χ0) is 12.3. The van der Waals surface area contributed by atoms with Gasteiger partial charge in [-0.1, -0.05) is 54.1 Å². The highest BCUT2D eigenvalue weighted by Gasteiger charge is 2.03. The number of hydrogen-bond acceptors (Lipinski definition) is 2. The van der Waals surface area contributed by atoms with Crippen molar-refractivity contribution in [3.63, 3.8) is 0 Å². The van der Waals surface area contributed by atoms with Gasteiger partial charge < -0.3 is 11.5 Å². The van der Waals surface area contributed by atoms with Crippen LogP contribution in [-0.2, 0) is 0 Å². The maximum absolute atomic E-state index is 5.88. The van der Waals surface area contributed by atoms with Crippen LogP contribution in [0.3, 0.4) is 0 Å². The van der Waals surface area contributed by atoms with E-state index < -0.39 is 0 Å². The monoisotopic (exact) mass is 226 g/mol. The van der Waals surface area contributed by atoms with Crippen molar-refractivity contribution < 1.29 is 0 Å². The van der Waals surface area contributed by atoms with Gasteiger partial charge in [-0.25, -0.2) is 0 Å². The van der Waals surface area contributed by atoms with E-state index in [0.717, 1.165) is 5.56 Å². The molecule has 2 rings (SSSR count). The van der Waals surface area contributed by atoms with Gasteiger partial charge in [-0.2, -0.15) is 0 Å². The largest absolute Gasteiger partial charge is 0.329 e. The molecule has 0 aliphatic carbocycles. The molecule has 0 fully saturated rings. The van der Waals surface area contributed by atoms with Crippen LogP contribution in [-0.4, -0.2) is 6.54 Å². The van der Waals surface area contributed by atoms with Crippen molar-refractivity contribution in [2.75, 3.05) is 6.54 Å². The first-order valence-electron chi connectivity index (χ1n) is 5.83. The first-order chi connectivity index (χ1) is 8.20. The molecule has 17 heavy (non-hydrogen) atoms. The summed E-state index contributed by atoms with van der Waals surface area (Å²) in [6.45, 7) is 2.57. The minimum atomic E-state index is -0.0675. The molecule has 0 aromatic heterocycles. The highest BCUT2D eigenvalue weighted by Crippen LogP contribution is 2.21. The Bertz CT molecular complexity index is 471. The van der Waals surface area contributed by atoms with Gasteiger partial charge in [-0.05, 0) is 23.6 Å². The second kappa shape index (κ2) is 5.13. The summed E-state index contributed by atoms with van der Waals surface area (Å²) >= 11 is 0. The summed E-state index contributed by atoms with van der Waals surface area (Å²) in [5, 5.41) is 0. The third-order valence-corrected chi connectivity index (χ3v) is 2.98. The van der Waals surface area contributed by atoms with E-state index in [1.807, 2.05) is 12.1 Å². The molecule has 2 nitrogen and oxygen atoms in total. The maximum Gasteiger partial charge on any atom is 0.0419 e. The van der Waals surface area contributed by atoms with E-state index in [2.05, 4.69) is 43.3 Å². The Hall–Kier alpha value is -1.64. The number of aryl methyl sites for hydroxylation is 1. The fourth-order valence-electron chi connectivity index (χ4n) is 1.80. The van der Waals surface area contributed by atoms with Crippen LogP contribution in [0.1, 0.15) is 17.2 Å². The van der Waals surface area contributed by atoms with Crippen LogP contribution in [0.5, 0.6) is 0 Å². The zero-order valence-electron chi connectivity index (χ0n) is 10.1. The molecule has 0 unspecified atom stereocenters. The van der Waals surface area contributed by atoms with Crippen molar-refractivity contribution in [3.05, 3.63) is 59.7 Å². The van der Waals surface area contributed by atoms with E-state index in [4.69, 9.17) is 11.5 Å². The number of hydrogen-bond donors (Lipinski definition) is 2. The summed E-state index contributed by atoms with van der Waals surface area (Å²) in [5.41, 5.74) is 16.2. The molecule has 0 heterocycles. The average Bonchev–Trinajstić information content (AvgIpc) is 2.39. The molecule has 0 aliphatic rings. The van der Waals surface area contributed by atoms with Crippen LogP contribution in [0.25, 0.3) is 11.1 Å². The summed E-state index contributed by atoms with van der Waals surface area (Å²) in [7, 11) is 0. The molecule has 2 heteroatoms. The van der Waals surface area contributed by atoms with Crippen molar-refractivity contribution in [2.24, 2.45) is 11.5 Å². The molecule has 4 N–H and O–H groups in total. The van der Waals surface area contributed by atoms with Gasteiger partial charge in [0, 0.05) is 12.6 Å². The van der Waals surface area contributed by atoms with Crippen molar-refractivity contribution in [1.82, 2.24) is 0 Å². The minimum Gasteiger partial charge on any atom is -0.329 e. The second-order valence-corrected chi connectivity index (χ2v) is 4.33. The van der Waals surface area contributed by atoms with Crippen LogP contribution in [0, 0.1) is 6.92 Å². The molecular formula is C15H18N2. The lowest BCUT2D eigenvalue weighted by Gasteiger charge is -2.10. The summed E-state index contributed by atoms with van der Waals surface area (Å²) in [5.74, 6) is 0. The molecule has 0 aliphatic heterocycles. The predicted octanol–water partition coefficient (Wildman–Crippen LogP) is 2.62. The van der Waals surface area contributed by atoms with Crippen molar-refractivity contribution in [3.8, 4) is 11.1 Å². The molecule has 2 aromatic carbocycles. The van der Waals surface area contributed by atoms with Crippen molar-refractivity contribution in [1.29, 1.82) is 0 Å². The topological polar surface area (TPSA) is 52.0 Å². The van der Waals surface area contributed by atoms with Crippen LogP contribution >= 0.6 is 0 Å². The van der Waals surface area contributed by atoms with Gasteiger partial charge in [-0.15, -0.1) is 0 Å². The molecule has 0 amide bonds. The molecule has 0 bridgehead atoms. The molecular weight excluding hydrogens is 208 g/mol. The van der Waals surface area contributed by atoms with E-state index in [-0.39, 0.29) is 6.04 Å². The third-order valence-electron chi connectivity index (χ3n) is 2.98. The van der Waals surface area contributed by atoms with Crippen LogP contribution in [0.15, 0.2) is 48.5 Å². The molecule has 0 saturated heterocycles. The van der Waals surface area contributed by atoms with Crippen molar-refractivity contribution in [2.45, 2.75) is 13.0 Å². The lowest BCUT2D eigenvalue weighted by Crippen LogP contribution is -2.20. The SMILES string of the molecule is Cc1ccc(-c2ccc([C@H](N)CN)cc2)cc1. The zero-order valence-corrected chi connectivity index (χ0v) is 10.1. The Kier molecular flexibility index (Phi) is 3.57. The standard InChI is InChI=1S/C15H18N2/c1-11-2-4-12(5-3-11)13-6-8-14(9-7-13)15(17)10-16/h2-9,15H,10,16-17H2,1H3/t15-/m1/s1. The lowest BCUT2D eigenvalue weighted by molar-refractivity contribution is 0.737. The highest BCUT2D eigenvalue weighted by molar-refractivity contribution is 5.64. The summed E-state index contributed by atoms with van der Waals surface area (Å²) in [6, 6.07) is 16.7. The molecule has 1 atom stereocenters. The van der Waals surface area contributed by atoms with Gasteiger partial charge in [0.1, 0.15) is 0 Å². The van der Waals surface area contributed by atoms with Gasteiger partial charge in [0.15, 0.2) is 0 Å². The van der Waals surface area contributed by atoms with Crippen LogP contribution in [0.2, 0.25) is 0 Å². The lowest BCUT2D eigenvalue weighted by atomic mass is 10.0. The number of rotatable bonds is 3. The summed E-state index contributed by atoms with van der Waals surface area (Å²) in [4.78, 5) is 0. The number of nitrogens with two attached hydrogens (primary N) is 2. The third kappa shape index (κ3) is 2.73. The van der Waals surface area contributed by atoms with E-state index in [1.54, 1.807) is 0 Å². The Labute approximate surface area is 102 Å². The van der Waals surface area contributed by atoms with Gasteiger partial charge in [0.05, 0.1) is 0 Å². The Balaban J connectivity index is 2.26. The van der Waals surface area contributed by atoms with E-state index in [1.165, 1.54) is 16.7 Å². The summed E-state index contributed by atoms with van der Waals surface area (Å²) < 4.78 is 0. The Morgan fingerprint density at radius 2 is 1.35 bits per heavy atom. The Morgan fingerprint density at radius 3 is 1.82 bits per heavy atom. The van der Waals surface area contributed by atoms with Crippen molar-refractivity contribution >= 4 is 0 Å². The fraction of sp³-hybridized carbons (Fsp3) is 0.200. The van der Waals surface area contributed by atoms with Gasteiger partial charge >= 0.3 is 0 Å². The van der Waals surface area contributed by atoms with Crippen LogP contribution < -0.4 is 11.5 Å². The van der Waals surface area contributed by atoms with E-state index in [0.29, 0.717) is 6.54 Å². The van der Waals surface area contributed by atoms with Gasteiger partial charge in [0.25, 0.3) is 0 Å². The maximum atomic E-state index is 5.88. The fourth-order valence-corrected chi connectivity index (χ4v) is 1.80. The predicted molar refractivity (Wildman–Crippen MR) is 72.6 cm³/mol. The minimum absolute atomic E-state index is 0.0675. The van der Waals surface area contributed by atoms with Gasteiger partial charge in [0.2, 0.25) is 0 Å². The summed E-state index contributed by atoms with van der Waals surface area (Å²) in [6.07, 6.45) is 0. The highest BCUT2D eigenvalue weighted by atomic mass is 14.7. The quantitative estimate of drug-likeness (QED) is 0.845. The second-order valence-electron chi connectivity index (χ2n) is 4.33. The van der Waals surface area contributed by atoms with Gasteiger partial charge in [-0.3, -0.25) is 0 Å². The molecule has 0 saturated carbocycles. The average molecular weight is 226 g/mol. The van der Waals surface area contributed by atoms with E-state index >= 15 is 0 Å². The molecule has 88 valence electrons. The Morgan fingerprint density at radius 1 is 0.882 bits per heavy atom. The first-order valence-corrected chi connectivity index (χ1v) is 5.83. The smallest absolute Gasteiger partial charge is 0.0419 e. The molecule has 0 radical (unpaired) electrons. The molecule has 0 spiro atoms. The number of benzene rings is 2. The first kappa shape index (κ1) is 11.8.